The van der Waals surface area contributed by atoms with Crippen molar-refractivity contribution in [2.24, 2.45) is 16.2 Å². The van der Waals surface area contributed by atoms with Crippen LogP contribution < -0.4 is 0 Å². The van der Waals surface area contributed by atoms with Crippen molar-refractivity contribution in [2.45, 2.75) is 62.3 Å². The summed E-state index contributed by atoms with van der Waals surface area (Å²) in [5.41, 5.74) is 2.57. The fourth-order valence-corrected chi connectivity index (χ4v) is 5.47. The van der Waals surface area contributed by atoms with E-state index in [1.807, 2.05) is 0 Å². The van der Waals surface area contributed by atoms with E-state index in [1.165, 1.54) is 16.8 Å². The van der Waals surface area contributed by atoms with Crippen molar-refractivity contribution >= 4 is 22.1 Å². The van der Waals surface area contributed by atoms with Gasteiger partial charge in [0.1, 0.15) is 0 Å². The van der Waals surface area contributed by atoms with Crippen molar-refractivity contribution < 1.29 is 0 Å². The van der Waals surface area contributed by atoms with Crippen LogP contribution in [0.15, 0.2) is 0 Å². The lowest BCUT2D eigenvalue weighted by Crippen LogP contribution is -2.29. The Labute approximate surface area is 112 Å². The second kappa shape index (κ2) is 4.47. The molecule has 1 rings (SSSR count). The van der Waals surface area contributed by atoms with Gasteiger partial charge in [-0.1, -0.05) is 20.8 Å². The Morgan fingerprint density at radius 1 is 0.824 bits per heavy atom. The first-order valence-electron chi connectivity index (χ1n) is 6.39. The standard InChI is InChI=1S/C15H27P2/c1-13(2,3)10-11(14(4,5)6)17-12(16-10)15(7,8)9/h1-9H3/q+1. The van der Waals surface area contributed by atoms with Gasteiger partial charge in [-0.3, -0.25) is 0 Å². The summed E-state index contributed by atoms with van der Waals surface area (Å²) < 4.78 is 0. The Morgan fingerprint density at radius 3 is 1.53 bits per heavy atom. The van der Waals surface area contributed by atoms with Crippen LogP contribution in [0.2, 0.25) is 0 Å². The molecule has 0 aliphatic carbocycles. The normalized spacial score (nSPS) is 21.1. The average molecular weight is 269 g/mol. The van der Waals surface area contributed by atoms with Crippen LogP contribution in [0.5, 0.6) is 0 Å². The Hall–Kier alpha value is 0.340. The lowest BCUT2D eigenvalue weighted by molar-refractivity contribution is 0.482. The van der Waals surface area contributed by atoms with Gasteiger partial charge in [-0.05, 0) is 50.1 Å². The van der Waals surface area contributed by atoms with Crippen LogP contribution >= 0.6 is 16.8 Å². The maximum atomic E-state index is 2.35. The van der Waals surface area contributed by atoms with Gasteiger partial charge in [0.15, 0.2) is 13.5 Å². The number of rotatable bonds is 0. The lowest BCUT2D eigenvalue weighted by Gasteiger charge is -2.28. The van der Waals surface area contributed by atoms with Crippen molar-refractivity contribution in [3.05, 3.63) is 11.1 Å². The summed E-state index contributed by atoms with van der Waals surface area (Å²) in [6, 6.07) is 0. The summed E-state index contributed by atoms with van der Waals surface area (Å²) in [6.07, 6.45) is 0. The molecule has 0 unspecified atom stereocenters. The third kappa shape index (κ3) is 3.65. The molecule has 2 heteroatoms. The smallest absolute Gasteiger partial charge is 0.0518 e. The molecule has 1 aliphatic heterocycles. The van der Waals surface area contributed by atoms with Gasteiger partial charge in [0.2, 0.25) is 0 Å². The first kappa shape index (κ1) is 15.4. The van der Waals surface area contributed by atoms with Gasteiger partial charge in [0, 0.05) is 16.5 Å². The van der Waals surface area contributed by atoms with E-state index in [0.29, 0.717) is 16.2 Å². The molecule has 1 aliphatic rings. The summed E-state index contributed by atoms with van der Waals surface area (Å²) in [5.74, 6) is 0. The zero-order valence-electron chi connectivity index (χ0n) is 12.9. The molecule has 1 heterocycles. The summed E-state index contributed by atoms with van der Waals surface area (Å²) in [5, 5.41) is 3.31. The van der Waals surface area contributed by atoms with Gasteiger partial charge in [0.25, 0.3) is 0 Å². The summed E-state index contributed by atoms with van der Waals surface area (Å²) >= 11 is 0. The quantitative estimate of drug-likeness (QED) is 0.361. The fraction of sp³-hybridized carbons (Fsp3) is 0.800. The van der Waals surface area contributed by atoms with E-state index in [-0.39, 0.29) is 0 Å². The SMILES string of the molecule is CC(C)(C)C1=P[C+](C(C)(C)C)[P-][C+]1C(C)(C)C. The molecular formula is C15H27P2+. The molecule has 0 saturated heterocycles. The zero-order valence-corrected chi connectivity index (χ0v) is 14.7. The summed E-state index contributed by atoms with van der Waals surface area (Å²) in [6.45, 7) is 21.1. The molecule has 0 spiro atoms. The maximum absolute atomic E-state index is 2.35. The molecule has 0 aromatic rings. The van der Waals surface area contributed by atoms with Gasteiger partial charge in [0.05, 0.1) is 10.8 Å². The van der Waals surface area contributed by atoms with Crippen molar-refractivity contribution in [1.82, 2.24) is 0 Å². The van der Waals surface area contributed by atoms with Crippen LogP contribution in [-0.4, -0.2) is 5.29 Å². The third-order valence-corrected chi connectivity index (χ3v) is 7.53. The molecule has 0 atom stereocenters. The van der Waals surface area contributed by atoms with E-state index >= 15 is 0 Å². The van der Waals surface area contributed by atoms with Crippen molar-refractivity contribution in [1.29, 1.82) is 0 Å². The second-order valence-corrected chi connectivity index (χ2v) is 10.6. The van der Waals surface area contributed by atoms with E-state index in [0.717, 1.165) is 0 Å². The van der Waals surface area contributed by atoms with Crippen LogP contribution in [0.4, 0.5) is 0 Å². The minimum atomic E-state index is 0.296. The van der Waals surface area contributed by atoms with Gasteiger partial charge in [-0.15, -0.1) is 0 Å². The van der Waals surface area contributed by atoms with E-state index in [4.69, 9.17) is 0 Å². The summed E-state index contributed by atoms with van der Waals surface area (Å²) in [4.78, 5) is 0. The summed E-state index contributed by atoms with van der Waals surface area (Å²) in [7, 11) is 2.97. The minimum absolute atomic E-state index is 0.296. The van der Waals surface area contributed by atoms with Crippen LogP contribution in [0.25, 0.3) is 0 Å². The first-order chi connectivity index (χ1) is 7.33. The zero-order chi connectivity index (χ0) is 13.6. The molecule has 0 radical (unpaired) electrons. The Morgan fingerprint density at radius 2 is 1.29 bits per heavy atom. The first-order valence-corrected chi connectivity index (χ1v) is 8.18. The molecule has 17 heavy (non-hydrogen) atoms. The van der Waals surface area contributed by atoms with Gasteiger partial charge >= 0.3 is 0 Å². The Kier molecular flexibility index (Phi) is 4.05. The third-order valence-electron chi connectivity index (χ3n) is 2.75. The minimum Gasteiger partial charge on any atom is -0.0518 e. The second-order valence-electron chi connectivity index (χ2n) is 7.99. The monoisotopic (exact) mass is 269 g/mol. The lowest BCUT2D eigenvalue weighted by atomic mass is 9.80. The highest BCUT2D eigenvalue weighted by Gasteiger charge is 2.51. The predicted molar refractivity (Wildman–Crippen MR) is 83.7 cm³/mol. The largest absolute Gasteiger partial charge is 0.156 e. The molecule has 0 N–H and O–H groups in total. The van der Waals surface area contributed by atoms with Crippen molar-refractivity contribution in [3.63, 3.8) is 0 Å². The maximum Gasteiger partial charge on any atom is 0.156 e. The molecule has 0 aromatic carbocycles. The predicted octanol–water partition coefficient (Wildman–Crippen LogP) is 6.22. The average Bonchev–Trinajstić information content (AvgIpc) is 2.42. The van der Waals surface area contributed by atoms with Crippen molar-refractivity contribution in [2.75, 3.05) is 0 Å². The van der Waals surface area contributed by atoms with Crippen LogP contribution in [0.3, 0.4) is 0 Å². The highest BCUT2D eigenvalue weighted by molar-refractivity contribution is 7.71. The Balaban J connectivity index is 3.10. The molecule has 0 aromatic heterocycles. The van der Waals surface area contributed by atoms with E-state index in [2.05, 4.69) is 62.3 Å². The molecule has 0 bridgehead atoms. The van der Waals surface area contributed by atoms with E-state index in [9.17, 15) is 0 Å². The van der Waals surface area contributed by atoms with Crippen LogP contribution in [0.1, 0.15) is 62.3 Å². The molecule has 0 fully saturated rings. The van der Waals surface area contributed by atoms with E-state index < -0.39 is 0 Å². The highest BCUT2D eigenvalue weighted by atomic mass is 31.1. The molecular weight excluding hydrogens is 242 g/mol. The van der Waals surface area contributed by atoms with Gasteiger partial charge in [-0.2, -0.15) is 0 Å². The topological polar surface area (TPSA) is 0 Å². The molecule has 0 amide bonds. The molecule has 0 nitrogen and oxygen atoms in total. The highest BCUT2D eigenvalue weighted by Crippen LogP contribution is 2.66. The molecule has 96 valence electrons. The van der Waals surface area contributed by atoms with Gasteiger partial charge < -0.3 is 0 Å². The van der Waals surface area contributed by atoms with Crippen molar-refractivity contribution in [3.8, 4) is 0 Å². The Bertz CT molecular complexity index is 307. The van der Waals surface area contributed by atoms with Crippen LogP contribution in [0, 0.1) is 27.3 Å². The number of hydrogen-bond acceptors (Lipinski definition) is 0. The fourth-order valence-electron chi connectivity index (χ4n) is 1.72. The molecule has 0 saturated carbocycles. The number of hydrogen-bond donors (Lipinski definition) is 0. The van der Waals surface area contributed by atoms with Gasteiger partial charge in [-0.25, -0.2) is 0 Å². The van der Waals surface area contributed by atoms with Crippen LogP contribution in [-0.2, 0) is 0 Å². The van der Waals surface area contributed by atoms with E-state index in [1.54, 1.807) is 16.4 Å².